The number of amides is 2. The van der Waals surface area contributed by atoms with Gasteiger partial charge in [0.15, 0.2) is 0 Å². The normalized spacial score (nSPS) is 15.1. The molecule has 6 heteroatoms. The summed E-state index contributed by atoms with van der Waals surface area (Å²) in [6, 6.07) is 8.16. The number of phenolic OH excluding ortho intramolecular Hbond substituents is 1. The van der Waals surface area contributed by atoms with Crippen molar-refractivity contribution in [2.45, 2.75) is 19.3 Å². The maximum Gasteiger partial charge on any atom is 0.253 e. The van der Waals surface area contributed by atoms with Crippen LogP contribution in [0.15, 0.2) is 24.3 Å². The summed E-state index contributed by atoms with van der Waals surface area (Å²) in [5, 5.41) is 20.6. The molecule has 2 N–H and O–H groups in total. The number of piperidine rings is 1. The molecule has 0 atom stereocenters. The first-order chi connectivity index (χ1) is 10.6. The second kappa shape index (κ2) is 7.46. The van der Waals surface area contributed by atoms with Crippen LogP contribution in [0.5, 0.6) is 5.75 Å². The number of nitriles is 1. The molecule has 1 aromatic rings. The molecule has 0 radical (unpaired) electrons. The minimum atomic E-state index is -0.249. The Hall–Kier alpha value is -2.55. The number of carbonyl (C=O) groups is 2. The molecule has 116 valence electrons. The zero-order valence-electron chi connectivity index (χ0n) is 12.3. The molecule has 0 aromatic heterocycles. The van der Waals surface area contributed by atoms with E-state index in [2.05, 4.69) is 5.32 Å². The van der Waals surface area contributed by atoms with Gasteiger partial charge in [-0.2, -0.15) is 5.26 Å². The van der Waals surface area contributed by atoms with Gasteiger partial charge in [0.05, 0.1) is 6.07 Å². The first-order valence-corrected chi connectivity index (χ1v) is 7.32. The van der Waals surface area contributed by atoms with Gasteiger partial charge in [-0.1, -0.05) is 6.07 Å². The molecule has 0 aliphatic carbocycles. The van der Waals surface area contributed by atoms with Gasteiger partial charge in [0, 0.05) is 25.2 Å². The lowest BCUT2D eigenvalue weighted by atomic mass is 9.96. The number of aromatic hydroxyl groups is 1. The fourth-order valence-corrected chi connectivity index (χ4v) is 2.55. The van der Waals surface area contributed by atoms with E-state index >= 15 is 0 Å². The van der Waals surface area contributed by atoms with Crippen LogP contribution >= 0.6 is 0 Å². The largest absolute Gasteiger partial charge is 0.508 e. The number of rotatable bonds is 4. The van der Waals surface area contributed by atoms with Gasteiger partial charge in [-0.15, -0.1) is 0 Å². The lowest BCUT2D eigenvalue weighted by Gasteiger charge is -2.32. The van der Waals surface area contributed by atoms with Crippen molar-refractivity contribution in [1.29, 1.82) is 5.26 Å². The molecule has 0 unspecified atom stereocenters. The van der Waals surface area contributed by atoms with Gasteiger partial charge in [0.1, 0.15) is 12.2 Å². The summed E-state index contributed by atoms with van der Waals surface area (Å²) in [7, 11) is 0. The van der Waals surface area contributed by atoms with Crippen LogP contribution in [-0.4, -0.2) is 41.5 Å². The summed E-state index contributed by atoms with van der Waals surface area (Å²) >= 11 is 0. The van der Waals surface area contributed by atoms with Crippen LogP contribution < -0.4 is 5.32 Å². The van der Waals surface area contributed by atoms with Crippen molar-refractivity contribution >= 4 is 11.8 Å². The van der Waals surface area contributed by atoms with Gasteiger partial charge in [0.25, 0.3) is 5.91 Å². The number of carbonyl (C=O) groups excluding carboxylic acids is 2. The van der Waals surface area contributed by atoms with E-state index in [0.717, 1.165) is 12.8 Å². The Bertz CT molecular complexity index is 587. The molecule has 0 bridgehead atoms. The number of hydrogen-bond acceptors (Lipinski definition) is 4. The molecule has 22 heavy (non-hydrogen) atoms. The number of hydrogen-bond donors (Lipinski definition) is 2. The molecule has 1 heterocycles. The summed E-state index contributed by atoms with van der Waals surface area (Å²) in [6.45, 7) is 1.81. The van der Waals surface area contributed by atoms with Crippen molar-refractivity contribution in [3.63, 3.8) is 0 Å². The van der Waals surface area contributed by atoms with Crippen LogP contribution in [-0.2, 0) is 4.79 Å². The van der Waals surface area contributed by atoms with E-state index in [-0.39, 0.29) is 24.0 Å². The van der Waals surface area contributed by atoms with Gasteiger partial charge in [0.2, 0.25) is 5.91 Å². The molecule has 1 aliphatic rings. The van der Waals surface area contributed by atoms with Gasteiger partial charge in [-0.25, -0.2) is 0 Å². The van der Waals surface area contributed by atoms with Crippen LogP contribution in [0, 0.1) is 17.2 Å². The van der Waals surface area contributed by atoms with Gasteiger partial charge in [-0.05, 0) is 37.0 Å². The second-order valence-corrected chi connectivity index (χ2v) is 5.42. The molecule has 2 amide bonds. The smallest absolute Gasteiger partial charge is 0.253 e. The number of nitrogens with one attached hydrogen (secondary N) is 1. The van der Waals surface area contributed by atoms with Crippen molar-refractivity contribution in [3.8, 4) is 11.8 Å². The lowest BCUT2D eigenvalue weighted by molar-refractivity contribution is -0.120. The summed E-state index contributed by atoms with van der Waals surface area (Å²) in [5.41, 5.74) is 0.487. The van der Waals surface area contributed by atoms with Crippen LogP contribution in [0.2, 0.25) is 0 Å². The van der Waals surface area contributed by atoms with Gasteiger partial charge >= 0.3 is 0 Å². The van der Waals surface area contributed by atoms with E-state index in [1.54, 1.807) is 17.0 Å². The highest BCUT2D eigenvalue weighted by Gasteiger charge is 2.24. The van der Waals surface area contributed by atoms with E-state index in [1.807, 2.05) is 6.07 Å². The van der Waals surface area contributed by atoms with Crippen molar-refractivity contribution < 1.29 is 14.7 Å². The third kappa shape index (κ3) is 4.22. The molecule has 2 rings (SSSR count). The molecular weight excluding hydrogens is 282 g/mol. The Balaban J connectivity index is 1.81. The number of nitrogens with zero attached hydrogens (tertiary/aromatic N) is 2. The molecular formula is C16H19N3O3. The summed E-state index contributed by atoms with van der Waals surface area (Å²) in [6.07, 6.45) is 1.52. The van der Waals surface area contributed by atoms with E-state index in [0.29, 0.717) is 31.1 Å². The monoisotopic (exact) mass is 301 g/mol. The molecule has 1 fully saturated rings. The van der Waals surface area contributed by atoms with Crippen molar-refractivity contribution in [2.75, 3.05) is 19.6 Å². The quantitative estimate of drug-likeness (QED) is 0.876. The third-order valence-corrected chi connectivity index (χ3v) is 3.82. The molecule has 1 saturated heterocycles. The van der Waals surface area contributed by atoms with Crippen molar-refractivity contribution in [3.05, 3.63) is 29.8 Å². The molecule has 0 spiro atoms. The zero-order chi connectivity index (χ0) is 15.9. The standard InChI is InChI=1S/C16H19N3O3/c17-7-4-15(21)18-11-12-5-8-19(9-6-12)16(22)13-2-1-3-14(20)10-13/h1-3,10,12,20H,4-6,8-9,11H2,(H,18,21). The van der Waals surface area contributed by atoms with Crippen LogP contribution in [0.4, 0.5) is 0 Å². The predicted octanol–water partition coefficient (Wildman–Crippen LogP) is 1.27. The second-order valence-electron chi connectivity index (χ2n) is 5.42. The van der Waals surface area contributed by atoms with Crippen LogP contribution in [0.25, 0.3) is 0 Å². The van der Waals surface area contributed by atoms with E-state index in [9.17, 15) is 14.7 Å². The number of likely N-dealkylation sites (tertiary alicyclic amines) is 1. The topological polar surface area (TPSA) is 93.4 Å². The Morgan fingerprint density at radius 3 is 2.73 bits per heavy atom. The highest BCUT2D eigenvalue weighted by molar-refractivity contribution is 5.94. The summed E-state index contributed by atoms with van der Waals surface area (Å²) < 4.78 is 0. The molecule has 1 aliphatic heterocycles. The average Bonchev–Trinajstić information content (AvgIpc) is 2.53. The minimum Gasteiger partial charge on any atom is -0.508 e. The Morgan fingerprint density at radius 1 is 1.36 bits per heavy atom. The maximum absolute atomic E-state index is 12.3. The van der Waals surface area contributed by atoms with Crippen LogP contribution in [0.3, 0.4) is 0 Å². The number of benzene rings is 1. The van der Waals surface area contributed by atoms with Crippen molar-refractivity contribution in [1.82, 2.24) is 10.2 Å². The maximum atomic E-state index is 12.3. The Morgan fingerprint density at radius 2 is 2.09 bits per heavy atom. The third-order valence-electron chi connectivity index (χ3n) is 3.82. The highest BCUT2D eigenvalue weighted by Crippen LogP contribution is 2.20. The fourth-order valence-electron chi connectivity index (χ4n) is 2.55. The Labute approximate surface area is 129 Å². The average molecular weight is 301 g/mol. The fraction of sp³-hybridized carbons (Fsp3) is 0.438. The Kier molecular flexibility index (Phi) is 5.37. The van der Waals surface area contributed by atoms with E-state index < -0.39 is 0 Å². The minimum absolute atomic E-state index is 0.0807. The predicted molar refractivity (Wildman–Crippen MR) is 80.0 cm³/mol. The lowest BCUT2D eigenvalue weighted by Crippen LogP contribution is -2.41. The first-order valence-electron chi connectivity index (χ1n) is 7.32. The van der Waals surface area contributed by atoms with Crippen molar-refractivity contribution in [2.24, 2.45) is 5.92 Å². The molecule has 6 nitrogen and oxygen atoms in total. The number of phenols is 1. The van der Waals surface area contributed by atoms with Gasteiger partial charge in [-0.3, -0.25) is 9.59 Å². The highest BCUT2D eigenvalue weighted by atomic mass is 16.3. The first kappa shape index (κ1) is 15.8. The molecule has 0 saturated carbocycles. The summed E-state index contributed by atoms with van der Waals surface area (Å²) in [4.78, 5) is 25.3. The summed E-state index contributed by atoms with van der Waals surface area (Å²) in [5.74, 6) is 0.0837. The van der Waals surface area contributed by atoms with E-state index in [1.165, 1.54) is 12.1 Å². The van der Waals surface area contributed by atoms with E-state index in [4.69, 9.17) is 5.26 Å². The SMILES string of the molecule is N#CCC(=O)NCC1CCN(C(=O)c2cccc(O)c2)CC1. The molecule has 1 aromatic carbocycles. The van der Waals surface area contributed by atoms with Crippen LogP contribution in [0.1, 0.15) is 29.6 Å². The van der Waals surface area contributed by atoms with Gasteiger partial charge < -0.3 is 15.3 Å². The zero-order valence-corrected chi connectivity index (χ0v) is 12.3.